The fourth-order valence-electron chi connectivity index (χ4n) is 10.0. The Morgan fingerprint density at radius 3 is 2.61 bits per heavy atom. The minimum Gasteiger partial charge on any atom is -0.462 e. The van der Waals surface area contributed by atoms with E-state index in [-0.39, 0.29) is 70.7 Å². The van der Waals surface area contributed by atoms with Gasteiger partial charge in [-0.1, -0.05) is 6.92 Å². The molecule has 7 heteroatoms. The van der Waals surface area contributed by atoms with E-state index in [4.69, 9.17) is 23.9 Å². The first-order valence-corrected chi connectivity index (χ1v) is 11.8. The van der Waals surface area contributed by atoms with Gasteiger partial charge in [-0.05, 0) is 25.2 Å². The number of esters is 1. The second-order valence-electron chi connectivity index (χ2n) is 11.2. The summed E-state index contributed by atoms with van der Waals surface area (Å²) in [6.07, 6.45) is 4.81. The van der Waals surface area contributed by atoms with E-state index < -0.39 is 11.7 Å². The number of hydrogen-bond acceptors (Lipinski definition) is 7. The summed E-state index contributed by atoms with van der Waals surface area (Å²) >= 11 is 0. The van der Waals surface area contributed by atoms with Crippen LogP contribution >= 0.6 is 0 Å². The maximum absolute atomic E-state index is 12.4. The molecular weight excluding hydrogens is 398 g/mol. The van der Waals surface area contributed by atoms with Crippen molar-refractivity contribution in [2.24, 2.45) is 45.4 Å². The van der Waals surface area contributed by atoms with Crippen LogP contribution in [-0.2, 0) is 23.7 Å². The lowest BCUT2D eigenvalue weighted by Gasteiger charge is -2.64. The van der Waals surface area contributed by atoms with Crippen LogP contribution in [0, 0.1) is 40.4 Å². The zero-order chi connectivity index (χ0) is 21.9. The van der Waals surface area contributed by atoms with E-state index >= 15 is 0 Å². The first-order valence-electron chi connectivity index (χ1n) is 11.8. The quantitative estimate of drug-likeness (QED) is 0.681. The van der Waals surface area contributed by atoms with Gasteiger partial charge >= 0.3 is 5.97 Å². The van der Waals surface area contributed by atoms with Gasteiger partial charge in [0.1, 0.15) is 6.10 Å². The summed E-state index contributed by atoms with van der Waals surface area (Å²) in [7, 11) is 5.30. The van der Waals surface area contributed by atoms with Crippen molar-refractivity contribution in [3.63, 3.8) is 0 Å². The summed E-state index contributed by atoms with van der Waals surface area (Å²) in [6, 6.07) is -0.0390. The van der Waals surface area contributed by atoms with Crippen molar-refractivity contribution in [1.82, 2.24) is 0 Å². The third kappa shape index (κ3) is 2.07. The number of hydrogen-bond donors (Lipinski definition) is 1. The van der Waals surface area contributed by atoms with Crippen molar-refractivity contribution in [3.8, 4) is 0 Å². The molecule has 172 valence electrons. The van der Waals surface area contributed by atoms with Gasteiger partial charge in [0.15, 0.2) is 0 Å². The first-order chi connectivity index (χ1) is 14.8. The van der Waals surface area contributed by atoms with Crippen LogP contribution in [0.1, 0.15) is 39.5 Å². The van der Waals surface area contributed by atoms with Crippen LogP contribution in [0.15, 0.2) is 4.99 Å². The number of rotatable bonds is 4. The molecule has 5 saturated carbocycles. The van der Waals surface area contributed by atoms with Gasteiger partial charge < -0.3 is 24.1 Å². The third-order valence-corrected chi connectivity index (χ3v) is 10.6. The Labute approximate surface area is 183 Å². The number of fused-ring (bicyclic) bond motifs is 2. The Morgan fingerprint density at radius 2 is 1.97 bits per heavy atom. The molecular formula is C24H35NO6. The molecule has 0 saturated heterocycles. The van der Waals surface area contributed by atoms with Crippen LogP contribution in [-0.4, -0.2) is 74.7 Å². The van der Waals surface area contributed by atoms with Crippen molar-refractivity contribution in [2.75, 3.05) is 21.3 Å². The smallest absolute Gasteiger partial charge is 0.302 e. The van der Waals surface area contributed by atoms with Gasteiger partial charge in [-0.15, -0.1) is 0 Å². The van der Waals surface area contributed by atoms with Gasteiger partial charge in [0, 0.05) is 75.4 Å². The van der Waals surface area contributed by atoms with Crippen molar-refractivity contribution >= 4 is 12.2 Å². The largest absolute Gasteiger partial charge is 0.462 e. The molecule has 0 radical (unpaired) electrons. The van der Waals surface area contributed by atoms with Crippen LogP contribution in [0.2, 0.25) is 0 Å². The average Bonchev–Trinajstić information content (AvgIpc) is 3.10. The van der Waals surface area contributed by atoms with E-state index in [0.29, 0.717) is 6.42 Å². The van der Waals surface area contributed by atoms with Crippen LogP contribution in [0.25, 0.3) is 0 Å². The predicted octanol–water partition coefficient (Wildman–Crippen LogP) is 1.85. The molecule has 5 aliphatic carbocycles. The number of nitrogens with zero attached hydrogens (tertiary/aromatic N) is 1. The zero-order valence-corrected chi connectivity index (χ0v) is 19.1. The van der Waals surface area contributed by atoms with Gasteiger partial charge in [0.05, 0.1) is 30.0 Å². The number of methoxy groups -OCH3 is 3. The fraction of sp³-hybridized carbons (Fsp3) is 0.917. The summed E-state index contributed by atoms with van der Waals surface area (Å²) in [6.45, 7) is 3.78. The van der Waals surface area contributed by atoms with Gasteiger partial charge in [0.2, 0.25) is 0 Å². The van der Waals surface area contributed by atoms with Crippen LogP contribution in [0.3, 0.4) is 0 Å². The van der Waals surface area contributed by atoms with E-state index in [1.165, 1.54) is 6.92 Å². The highest BCUT2D eigenvalue weighted by Crippen LogP contribution is 2.79. The highest BCUT2D eigenvalue weighted by Gasteiger charge is 2.85. The monoisotopic (exact) mass is 433 g/mol. The molecule has 1 heterocycles. The molecule has 6 rings (SSSR count). The SMILES string of the molecule is CO[C@H]1C[C@@]2(OC)[C@H]3[C@@H](O)[C@@H]1C[C@H]3[C@@]13[C@@H](OC)CC[C@@]4(C)C=N[C@@H]1[C@@H]2[C@@H](OC(C)=O)[C@@H]34. The number of carbonyl (C=O) groups is 1. The number of aliphatic hydroxyl groups excluding tert-OH is 1. The van der Waals surface area contributed by atoms with Crippen LogP contribution < -0.4 is 0 Å². The first kappa shape index (κ1) is 20.6. The highest BCUT2D eigenvalue weighted by atomic mass is 16.6. The molecule has 1 aliphatic heterocycles. The number of aliphatic hydroxyl groups is 1. The molecule has 13 atom stereocenters. The summed E-state index contributed by atoms with van der Waals surface area (Å²) < 4.78 is 24.8. The Hall–Kier alpha value is -1.02. The topological polar surface area (TPSA) is 86.6 Å². The van der Waals surface area contributed by atoms with Crippen molar-refractivity contribution in [2.45, 2.75) is 75.6 Å². The molecule has 0 unspecified atom stereocenters. The van der Waals surface area contributed by atoms with Crippen molar-refractivity contribution in [3.05, 3.63) is 0 Å². The normalized spacial score (nSPS) is 60.2. The van der Waals surface area contributed by atoms with Crippen LogP contribution in [0.4, 0.5) is 0 Å². The molecule has 6 aliphatic rings. The third-order valence-electron chi connectivity index (χ3n) is 10.6. The average molecular weight is 434 g/mol. The van der Waals surface area contributed by atoms with E-state index in [2.05, 4.69) is 13.1 Å². The minimum atomic E-state index is -0.633. The Balaban J connectivity index is 1.64. The van der Waals surface area contributed by atoms with E-state index in [0.717, 1.165) is 19.3 Å². The van der Waals surface area contributed by atoms with Gasteiger partial charge in [-0.3, -0.25) is 9.79 Å². The fourth-order valence-corrected chi connectivity index (χ4v) is 10.0. The standard InChI is InChI=1S/C24H35NO6/c1-11(26)31-19-17-21-24(15(29-4)6-7-22(2,10-25-21)20(19)24)13-8-12-14(28-3)9-23(17,30-5)16(13)18(12)27/h10,12-21,27H,6-9H2,1-5H3/t12-,13-,14+,15+,16-,17+,18+,19-,20-,21-,22+,23-,24+/m1/s1. The van der Waals surface area contributed by atoms with Gasteiger partial charge in [-0.2, -0.15) is 0 Å². The van der Waals surface area contributed by atoms with Crippen molar-refractivity contribution in [1.29, 1.82) is 0 Å². The van der Waals surface area contributed by atoms with E-state index in [1.54, 1.807) is 14.2 Å². The summed E-state index contributed by atoms with van der Waals surface area (Å²) in [5.41, 5.74) is -1.05. The number of ether oxygens (including phenoxy) is 4. The Kier molecular flexibility index (Phi) is 4.19. The Bertz CT molecular complexity index is 833. The van der Waals surface area contributed by atoms with Gasteiger partial charge in [0.25, 0.3) is 0 Å². The lowest BCUT2D eigenvalue weighted by Crippen LogP contribution is -2.70. The second-order valence-corrected chi connectivity index (χ2v) is 11.2. The van der Waals surface area contributed by atoms with Crippen molar-refractivity contribution < 1.29 is 28.8 Å². The highest BCUT2D eigenvalue weighted by molar-refractivity contribution is 5.71. The summed E-state index contributed by atoms with van der Waals surface area (Å²) in [5.74, 6) is 0.00850. The molecule has 5 fully saturated rings. The maximum Gasteiger partial charge on any atom is 0.302 e. The molecule has 0 aromatic carbocycles. The lowest BCUT2D eigenvalue weighted by molar-refractivity contribution is -0.241. The predicted molar refractivity (Wildman–Crippen MR) is 112 cm³/mol. The molecule has 7 nitrogen and oxygen atoms in total. The molecule has 1 spiro atoms. The van der Waals surface area contributed by atoms with E-state index in [1.807, 2.05) is 7.11 Å². The lowest BCUT2D eigenvalue weighted by atomic mass is 9.44. The van der Waals surface area contributed by atoms with Crippen LogP contribution in [0.5, 0.6) is 0 Å². The number of aliphatic imine (C=N–C) groups is 1. The zero-order valence-electron chi connectivity index (χ0n) is 19.1. The maximum atomic E-state index is 12.4. The minimum absolute atomic E-state index is 0.0218. The summed E-state index contributed by atoms with van der Waals surface area (Å²) in [4.78, 5) is 17.6. The Morgan fingerprint density at radius 1 is 1.19 bits per heavy atom. The molecule has 0 aromatic heterocycles. The molecule has 1 N–H and O–H groups in total. The molecule has 31 heavy (non-hydrogen) atoms. The van der Waals surface area contributed by atoms with Gasteiger partial charge in [-0.25, -0.2) is 0 Å². The molecule has 0 amide bonds. The van der Waals surface area contributed by atoms with E-state index in [9.17, 15) is 9.90 Å². The molecule has 0 aromatic rings. The second kappa shape index (κ2) is 6.31. The summed E-state index contributed by atoms with van der Waals surface area (Å²) in [5, 5.41) is 11.6. The number of carbonyl (C=O) groups excluding carboxylic acids is 1. The molecule has 7 bridgehead atoms.